The van der Waals surface area contributed by atoms with Gasteiger partial charge in [0.1, 0.15) is 30.1 Å². The van der Waals surface area contributed by atoms with Crippen molar-refractivity contribution in [1.29, 1.82) is 5.26 Å². The topological polar surface area (TPSA) is 175 Å². The second kappa shape index (κ2) is 23.6. The number of thiazole rings is 1. The lowest BCUT2D eigenvalue weighted by Crippen LogP contribution is -2.57. The lowest BCUT2D eigenvalue weighted by atomic mass is 9.85. The average Bonchev–Trinajstić information content (AvgIpc) is 3.99. The number of amides is 3. The van der Waals surface area contributed by atoms with Crippen LogP contribution >= 0.6 is 11.3 Å². The minimum atomic E-state index is -4.76. The number of hydrogen-bond donors (Lipinski definition) is 2. The fraction of sp³-hybridized carbons (Fsp3) is 0.481. The van der Waals surface area contributed by atoms with Crippen LogP contribution in [0, 0.1) is 23.7 Å². The van der Waals surface area contributed by atoms with Crippen molar-refractivity contribution < 1.29 is 51.7 Å². The summed E-state index contributed by atoms with van der Waals surface area (Å²) < 4.78 is 58.5. The Hall–Kier alpha value is -6.13. The van der Waals surface area contributed by atoms with Gasteiger partial charge in [0.05, 0.1) is 52.0 Å². The second-order valence-corrected chi connectivity index (χ2v) is 20.8. The summed E-state index contributed by atoms with van der Waals surface area (Å²) in [5.74, 6) is -0.903. The number of ketones is 1. The first-order chi connectivity index (χ1) is 34.0. The Bertz CT molecular complexity index is 2610. The zero-order chi connectivity index (χ0) is 52.5. The molecule has 14 nitrogen and oxygen atoms in total. The van der Waals surface area contributed by atoms with Gasteiger partial charge in [0.25, 0.3) is 5.91 Å². The van der Waals surface area contributed by atoms with E-state index in [-0.39, 0.29) is 50.0 Å². The van der Waals surface area contributed by atoms with Gasteiger partial charge in [-0.3, -0.25) is 24.1 Å². The number of benzene rings is 3. The van der Waals surface area contributed by atoms with Gasteiger partial charge in [-0.25, -0.2) is 4.98 Å². The first kappa shape index (κ1) is 55.2. The SMILES string of the molecule is C=C(CC(=O)[C@@H]1C[C@@H](O)CN1C(=O)[C@@H](NC(=O)COCCCOCCCCOc1ccc(N2C(C)N(c3ccc(C#N)c(C(F)(F)F)c3)C(=O)C2(C)C)cc1)C(C)(C)C)Cc1ccc(-c2scnc2C)cc1. The number of alkyl halides is 3. The van der Waals surface area contributed by atoms with Crippen LogP contribution in [-0.2, 0) is 41.2 Å². The summed E-state index contributed by atoms with van der Waals surface area (Å²) in [4.78, 5) is 64.3. The molecule has 1 aromatic heterocycles. The van der Waals surface area contributed by atoms with E-state index in [1.54, 1.807) is 62.4 Å². The zero-order valence-corrected chi connectivity index (χ0v) is 42.8. The van der Waals surface area contributed by atoms with Crippen LogP contribution in [-0.4, -0.2) is 108 Å². The number of ether oxygens (including phenoxy) is 3. The van der Waals surface area contributed by atoms with Crippen LogP contribution in [0.2, 0.25) is 0 Å². The molecule has 3 amide bonds. The van der Waals surface area contributed by atoms with Crippen molar-refractivity contribution in [3.8, 4) is 22.3 Å². The normalized spacial score (nSPS) is 18.3. The molecule has 72 heavy (non-hydrogen) atoms. The summed E-state index contributed by atoms with van der Waals surface area (Å²) >= 11 is 1.58. The first-order valence-corrected chi connectivity index (χ1v) is 25.0. The van der Waals surface area contributed by atoms with Crippen LogP contribution in [0.15, 0.2) is 84.4 Å². The molecule has 0 bridgehead atoms. The molecule has 3 heterocycles. The molecule has 2 saturated heterocycles. The monoisotopic (exact) mass is 1010 g/mol. The molecule has 0 aliphatic carbocycles. The summed E-state index contributed by atoms with van der Waals surface area (Å²) in [5.41, 5.74) is 2.89. The van der Waals surface area contributed by atoms with Gasteiger partial charge in [-0.15, -0.1) is 11.3 Å². The number of Topliss-reactive ketones (excluding diaryl/α,β-unsaturated/α-hetero) is 1. The molecule has 2 N–H and O–H groups in total. The number of halogens is 3. The Kier molecular flexibility index (Phi) is 18.1. The third-order valence-electron chi connectivity index (χ3n) is 12.9. The predicted molar refractivity (Wildman–Crippen MR) is 269 cm³/mol. The number of rotatable bonds is 22. The fourth-order valence-corrected chi connectivity index (χ4v) is 10.0. The third kappa shape index (κ3) is 13.5. The quantitative estimate of drug-likeness (QED) is 0.0569. The van der Waals surface area contributed by atoms with Crippen LogP contribution in [0.5, 0.6) is 5.75 Å². The largest absolute Gasteiger partial charge is 0.494 e. The van der Waals surface area contributed by atoms with Crippen molar-refractivity contribution in [2.45, 2.75) is 123 Å². The average molecular weight is 1020 g/mol. The number of nitrogens with one attached hydrogen (secondary N) is 1. The molecule has 18 heteroatoms. The molecule has 4 atom stereocenters. The number of anilines is 2. The Labute approximate surface area is 423 Å². The minimum absolute atomic E-state index is 0.0170. The van der Waals surface area contributed by atoms with Crippen molar-refractivity contribution in [2.75, 3.05) is 49.4 Å². The summed E-state index contributed by atoms with van der Waals surface area (Å²) in [6.07, 6.45) is -3.65. The molecule has 6 rings (SSSR count). The number of aromatic nitrogens is 1. The number of carbonyl (C=O) groups is 4. The number of unbranched alkanes of at least 4 members (excludes halogenated alkanes) is 1. The van der Waals surface area contributed by atoms with E-state index < -0.39 is 64.4 Å². The Balaban J connectivity index is 0.868. The van der Waals surface area contributed by atoms with Crippen LogP contribution in [0.1, 0.15) is 96.0 Å². The maximum Gasteiger partial charge on any atom is 0.417 e. The predicted octanol–water partition coefficient (Wildman–Crippen LogP) is 8.82. The lowest BCUT2D eigenvalue weighted by molar-refractivity contribution is -0.144. The van der Waals surface area contributed by atoms with Gasteiger partial charge in [0.15, 0.2) is 5.78 Å². The number of allylic oxidation sites excluding steroid dienone is 1. The highest BCUT2D eigenvalue weighted by molar-refractivity contribution is 7.13. The van der Waals surface area contributed by atoms with E-state index in [4.69, 9.17) is 14.2 Å². The number of hydrogen-bond acceptors (Lipinski definition) is 12. The molecule has 0 saturated carbocycles. The number of β-amino-alcohol motifs (C(OH)–C–C–N with tert-alkyl or cyclic N) is 1. The second-order valence-electron chi connectivity index (χ2n) is 19.9. The molecule has 3 aromatic carbocycles. The number of carbonyl (C=O) groups excluding carboxylic acids is 4. The van der Waals surface area contributed by atoms with E-state index >= 15 is 0 Å². The highest BCUT2D eigenvalue weighted by Crippen LogP contribution is 2.42. The van der Waals surface area contributed by atoms with Crippen molar-refractivity contribution in [3.05, 3.63) is 107 Å². The number of likely N-dealkylation sites (tertiary alicyclic amines) is 1. The Morgan fingerprint density at radius 1 is 0.972 bits per heavy atom. The smallest absolute Gasteiger partial charge is 0.417 e. The molecule has 2 fully saturated rings. The minimum Gasteiger partial charge on any atom is -0.494 e. The Morgan fingerprint density at radius 2 is 1.62 bits per heavy atom. The van der Waals surface area contributed by atoms with E-state index in [1.165, 1.54) is 15.9 Å². The van der Waals surface area contributed by atoms with E-state index in [2.05, 4.69) is 16.9 Å². The molecule has 1 unspecified atom stereocenters. The molecular weight excluding hydrogens is 950 g/mol. The summed E-state index contributed by atoms with van der Waals surface area (Å²) in [5, 5.41) is 22.7. The number of aliphatic hydroxyl groups excluding tert-OH is 1. The zero-order valence-electron chi connectivity index (χ0n) is 42.0. The highest BCUT2D eigenvalue weighted by Gasteiger charge is 2.51. The lowest BCUT2D eigenvalue weighted by Gasteiger charge is -2.35. The van der Waals surface area contributed by atoms with Crippen molar-refractivity contribution >= 4 is 46.2 Å². The maximum atomic E-state index is 14.0. The first-order valence-electron chi connectivity index (χ1n) is 24.1. The van der Waals surface area contributed by atoms with E-state index in [9.17, 15) is 42.7 Å². The summed E-state index contributed by atoms with van der Waals surface area (Å²) in [6, 6.07) is 18.3. The van der Waals surface area contributed by atoms with Crippen LogP contribution in [0.25, 0.3) is 10.4 Å². The third-order valence-corrected chi connectivity index (χ3v) is 13.8. The number of nitrogens with zero attached hydrogens (tertiary/aromatic N) is 5. The number of aliphatic hydroxyl groups is 1. The van der Waals surface area contributed by atoms with Gasteiger partial charge >= 0.3 is 6.18 Å². The number of nitriles is 1. The maximum absolute atomic E-state index is 14.0. The van der Waals surface area contributed by atoms with Crippen molar-refractivity contribution in [1.82, 2.24) is 15.2 Å². The van der Waals surface area contributed by atoms with Gasteiger partial charge in [-0.2, -0.15) is 18.4 Å². The van der Waals surface area contributed by atoms with E-state index in [0.717, 1.165) is 40.3 Å². The number of aryl methyl sites for hydroxylation is 1. The van der Waals surface area contributed by atoms with Gasteiger partial charge < -0.3 is 34.4 Å². The van der Waals surface area contributed by atoms with E-state index in [0.29, 0.717) is 56.1 Å². The van der Waals surface area contributed by atoms with Crippen molar-refractivity contribution in [3.63, 3.8) is 0 Å². The van der Waals surface area contributed by atoms with E-state index in [1.807, 2.05) is 62.4 Å². The molecule has 0 spiro atoms. The molecule has 386 valence electrons. The van der Waals surface area contributed by atoms with Crippen LogP contribution < -0.4 is 19.9 Å². The van der Waals surface area contributed by atoms with Gasteiger partial charge in [0.2, 0.25) is 11.8 Å². The summed E-state index contributed by atoms with van der Waals surface area (Å²) in [7, 11) is 0. The van der Waals surface area contributed by atoms with Gasteiger partial charge in [-0.05, 0) is 112 Å². The fourth-order valence-electron chi connectivity index (χ4n) is 9.21. The van der Waals surface area contributed by atoms with Gasteiger partial charge in [0, 0.05) is 50.6 Å². The molecule has 0 radical (unpaired) electrons. The van der Waals surface area contributed by atoms with Crippen molar-refractivity contribution in [2.24, 2.45) is 5.41 Å². The van der Waals surface area contributed by atoms with Gasteiger partial charge in [-0.1, -0.05) is 57.2 Å². The molecule has 2 aliphatic heterocycles. The van der Waals surface area contributed by atoms with Crippen LogP contribution in [0.4, 0.5) is 24.5 Å². The standard InChI is InChI=1S/C54H65F3N6O8S/c1-34(26-37-12-14-38(15-13-37)48-35(2)59-33-72-48)27-46(65)45-29-42(64)31-61(45)50(67)49(52(4,5)6)60-47(66)32-70-24-11-23-69-22-9-10-25-71-43-20-18-40(19-21-43)63-36(3)62(51(68)53(63,7)8)41-17-16-39(30-58)44(28-41)54(55,56)57/h12-21,28,33,36,42,45,49,64H,1,9-11,22-27,29,31-32H2,2-8H3,(H,60,66)/t36?,42-,45+,49-/m1/s1. The summed E-state index contributed by atoms with van der Waals surface area (Å²) in [6.45, 7) is 18.0. The molecular formula is C54H65F3N6O8S. The molecule has 4 aromatic rings. The Morgan fingerprint density at radius 3 is 2.26 bits per heavy atom. The molecule has 2 aliphatic rings. The van der Waals surface area contributed by atoms with Crippen LogP contribution in [0.3, 0.4) is 0 Å². The highest BCUT2D eigenvalue weighted by atomic mass is 32.1.